The van der Waals surface area contributed by atoms with Crippen molar-refractivity contribution in [3.63, 3.8) is 0 Å². The number of piperidine rings is 1. The van der Waals surface area contributed by atoms with Gasteiger partial charge in [-0.25, -0.2) is 18.7 Å². The number of benzene rings is 1. The first-order valence-corrected chi connectivity index (χ1v) is 10.5. The Labute approximate surface area is 190 Å². The van der Waals surface area contributed by atoms with Crippen LogP contribution < -0.4 is 5.32 Å². The van der Waals surface area contributed by atoms with Crippen LogP contribution in [0.2, 0.25) is 0 Å². The zero-order chi connectivity index (χ0) is 24.5. The van der Waals surface area contributed by atoms with Gasteiger partial charge in [0, 0.05) is 25.5 Å². The minimum Gasteiger partial charge on any atom is -0.352 e. The average Bonchev–Trinajstić information content (AvgIpc) is 3.33. The summed E-state index contributed by atoms with van der Waals surface area (Å²) in [7, 11) is 0. The Morgan fingerprint density at radius 1 is 1.15 bits per heavy atom. The number of nitrogens with one attached hydrogen (secondary N) is 1. The highest BCUT2D eigenvalue weighted by Gasteiger charge is 2.35. The molecule has 0 bridgehead atoms. The first-order chi connectivity index (χ1) is 16.2. The number of rotatable bonds is 5. The Balaban J connectivity index is 1.58. The van der Waals surface area contributed by atoms with E-state index in [-0.39, 0.29) is 24.0 Å². The second kappa shape index (κ2) is 9.31. The highest BCUT2D eigenvalue weighted by atomic mass is 19.4. The first kappa shape index (κ1) is 23.5. The van der Waals surface area contributed by atoms with Gasteiger partial charge in [0.05, 0.1) is 29.6 Å². The van der Waals surface area contributed by atoms with Gasteiger partial charge in [-0.3, -0.25) is 4.79 Å². The molecule has 1 aliphatic rings. The lowest BCUT2D eigenvalue weighted by Gasteiger charge is -2.40. The Morgan fingerprint density at radius 3 is 2.47 bits per heavy atom. The summed E-state index contributed by atoms with van der Waals surface area (Å²) in [4.78, 5) is 23.3. The molecule has 1 aromatic carbocycles. The highest BCUT2D eigenvalue weighted by Crippen LogP contribution is 2.30. The van der Waals surface area contributed by atoms with E-state index < -0.39 is 41.0 Å². The van der Waals surface area contributed by atoms with E-state index in [1.54, 1.807) is 0 Å². The van der Waals surface area contributed by atoms with E-state index in [9.17, 15) is 26.7 Å². The summed E-state index contributed by atoms with van der Waals surface area (Å²) < 4.78 is 66.8. The molecule has 3 heterocycles. The van der Waals surface area contributed by atoms with Gasteiger partial charge < -0.3 is 10.2 Å². The van der Waals surface area contributed by atoms with Crippen LogP contribution >= 0.6 is 0 Å². The number of aromatic nitrogens is 5. The van der Waals surface area contributed by atoms with Crippen molar-refractivity contribution in [1.82, 2.24) is 29.9 Å². The van der Waals surface area contributed by atoms with Crippen LogP contribution in [0.5, 0.6) is 0 Å². The molecule has 180 valence electrons. The van der Waals surface area contributed by atoms with Crippen molar-refractivity contribution < 1.29 is 26.7 Å². The van der Waals surface area contributed by atoms with E-state index in [1.807, 2.05) is 6.92 Å². The van der Waals surface area contributed by atoms with Crippen LogP contribution in [0.3, 0.4) is 0 Å². The van der Waals surface area contributed by atoms with Gasteiger partial charge >= 0.3 is 6.18 Å². The molecule has 1 fully saturated rings. The number of carbonyl (C=O) groups is 1. The van der Waals surface area contributed by atoms with Crippen LogP contribution in [0.4, 0.5) is 27.9 Å². The lowest BCUT2D eigenvalue weighted by Crippen LogP contribution is -2.51. The number of halogens is 5. The first-order valence-electron chi connectivity index (χ1n) is 10.5. The molecule has 0 radical (unpaired) electrons. The Hall–Kier alpha value is -3.64. The molecule has 1 N–H and O–H groups in total. The quantitative estimate of drug-likeness (QED) is 0.559. The van der Waals surface area contributed by atoms with E-state index in [0.29, 0.717) is 25.4 Å². The van der Waals surface area contributed by atoms with Crippen molar-refractivity contribution in [2.24, 2.45) is 5.92 Å². The summed E-state index contributed by atoms with van der Waals surface area (Å²) in [6.45, 7) is 2.44. The number of hydrogen-bond donors (Lipinski definition) is 1. The van der Waals surface area contributed by atoms with Crippen molar-refractivity contribution in [3.8, 4) is 5.69 Å². The molecule has 0 saturated carbocycles. The number of alkyl halides is 3. The van der Waals surface area contributed by atoms with E-state index in [1.165, 1.54) is 23.4 Å². The Bertz CT molecular complexity index is 1150. The molecule has 8 nitrogen and oxygen atoms in total. The smallest absolute Gasteiger partial charge is 0.352 e. The van der Waals surface area contributed by atoms with Gasteiger partial charge in [0.15, 0.2) is 11.6 Å². The molecule has 34 heavy (non-hydrogen) atoms. The van der Waals surface area contributed by atoms with E-state index >= 15 is 0 Å². The van der Waals surface area contributed by atoms with Gasteiger partial charge in [0.25, 0.3) is 5.91 Å². The lowest BCUT2D eigenvalue weighted by molar-refractivity contribution is -0.138. The van der Waals surface area contributed by atoms with Crippen LogP contribution in [0.15, 0.2) is 36.9 Å². The average molecular weight is 481 g/mol. The maximum Gasteiger partial charge on any atom is 0.419 e. The zero-order valence-electron chi connectivity index (χ0n) is 17.9. The second-order valence-corrected chi connectivity index (χ2v) is 7.94. The van der Waals surface area contributed by atoms with Crippen molar-refractivity contribution in [3.05, 3.63) is 59.7 Å². The van der Waals surface area contributed by atoms with Gasteiger partial charge in [-0.15, -0.1) is 4.80 Å². The summed E-state index contributed by atoms with van der Waals surface area (Å²) >= 11 is 0. The molecule has 0 spiro atoms. The summed E-state index contributed by atoms with van der Waals surface area (Å²) in [5, 5.41) is 10.5. The molecule has 1 amide bonds. The number of amides is 1. The molecule has 1 saturated heterocycles. The third kappa shape index (κ3) is 4.68. The minimum absolute atomic E-state index is 0.0104. The molecular weight excluding hydrogens is 461 g/mol. The van der Waals surface area contributed by atoms with E-state index in [0.717, 1.165) is 17.3 Å². The van der Waals surface area contributed by atoms with Gasteiger partial charge in [-0.05, 0) is 30.9 Å². The predicted molar refractivity (Wildman–Crippen MR) is 110 cm³/mol. The van der Waals surface area contributed by atoms with Crippen LogP contribution in [0, 0.1) is 17.6 Å². The fourth-order valence-corrected chi connectivity index (χ4v) is 3.97. The third-order valence-corrected chi connectivity index (χ3v) is 5.74. The maximum atomic E-state index is 14.7. The molecule has 1 aliphatic heterocycles. The van der Waals surface area contributed by atoms with E-state index in [2.05, 4.69) is 25.5 Å². The number of anilines is 1. The second-order valence-electron chi connectivity index (χ2n) is 7.94. The molecule has 2 atom stereocenters. The predicted octanol–water partition coefficient (Wildman–Crippen LogP) is 3.71. The lowest BCUT2D eigenvalue weighted by atomic mass is 9.90. The van der Waals surface area contributed by atoms with Crippen molar-refractivity contribution in [2.45, 2.75) is 32.0 Å². The molecule has 13 heteroatoms. The SMILES string of the molecule is C[C@@H]1CCCN(C(=O)c2ccc(F)c(F)c2-n2nccn2)[C@@H]1CNc1ncc(C(F)(F)F)cn1. The largest absolute Gasteiger partial charge is 0.419 e. The Kier molecular flexibility index (Phi) is 6.44. The number of hydrogen-bond acceptors (Lipinski definition) is 6. The molecule has 0 unspecified atom stereocenters. The third-order valence-electron chi connectivity index (χ3n) is 5.74. The normalized spacial score (nSPS) is 18.7. The van der Waals surface area contributed by atoms with Crippen molar-refractivity contribution >= 4 is 11.9 Å². The highest BCUT2D eigenvalue weighted by molar-refractivity contribution is 5.98. The fourth-order valence-electron chi connectivity index (χ4n) is 3.97. The number of carbonyl (C=O) groups excluding carboxylic acids is 1. The topological polar surface area (TPSA) is 88.8 Å². The van der Waals surface area contributed by atoms with Gasteiger partial charge in [-0.1, -0.05) is 6.92 Å². The van der Waals surface area contributed by atoms with Crippen LogP contribution in [0.1, 0.15) is 35.7 Å². The number of likely N-dealkylation sites (tertiary alicyclic amines) is 1. The van der Waals surface area contributed by atoms with Crippen molar-refractivity contribution in [1.29, 1.82) is 0 Å². The minimum atomic E-state index is -4.55. The summed E-state index contributed by atoms with van der Waals surface area (Å²) in [5.41, 5.74) is -1.48. The fraction of sp³-hybridized carbons (Fsp3) is 0.381. The summed E-state index contributed by atoms with van der Waals surface area (Å²) in [6, 6.07) is 1.65. The van der Waals surface area contributed by atoms with E-state index in [4.69, 9.17) is 0 Å². The standard InChI is InChI=1S/C21H20F5N7O/c1-12-3-2-8-32(16(12)11-29-20-27-9-13(10-28-20)21(24,25)26)19(34)14-4-5-15(22)17(23)18(14)33-30-6-7-31-33/h4-7,9-10,12,16H,2-3,8,11H2,1H3,(H,27,28,29)/t12-,16-/m1/s1. The van der Waals surface area contributed by atoms with Crippen LogP contribution in [-0.2, 0) is 6.18 Å². The molecule has 0 aliphatic carbocycles. The number of nitrogens with zero attached hydrogens (tertiary/aromatic N) is 6. The van der Waals surface area contributed by atoms with Gasteiger partial charge in [0.1, 0.15) is 5.69 Å². The van der Waals surface area contributed by atoms with Crippen molar-refractivity contribution in [2.75, 3.05) is 18.4 Å². The van der Waals surface area contributed by atoms with Gasteiger partial charge in [0.2, 0.25) is 5.95 Å². The molecule has 4 rings (SSSR count). The summed E-state index contributed by atoms with van der Waals surface area (Å²) in [6.07, 6.45) is 0.844. The summed E-state index contributed by atoms with van der Waals surface area (Å²) in [5.74, 6) is -2.95. The maximum absolute atomic E-state index is 14.7. The molecule has 3 aromatic rings. The Morgan fingerprint density at radius 2 is 1.82 bits per heavy atom. The van der Waals surface area contributed by atoms with Crippen LogP contribution in [-0.4, -0.2) is 54.9 Å². The zero-order valence-corrected chi connectivity index (χ0v) is 17.9. The molecule has 2 aromatic heterocycles. The monoisotopic (exact) mass is 481 g/mol. The molecular formula is C21H20F5N7O. The van der Waals surface area contributed by atoms with Gasteiger partial charge in [-0.2, -0.15) is 23.4 Å². The van der Waals surface area contributed by atoms with Crippen LogP contribution in [0.25, 0.3) is 5.69 Å².